The minimum Gasteiger partial charge on any atom is -0.126 e. The smallest absolute Gasteiger partial charge is 0.0252 e. The van der Waals surface area contributed by atoms with Crippen molar-refractivity contribution in [1.82, 2.24) is 0 Å². The van der Waals surface area contributed by atoms with Gasteiger partial charge in [-0.2, -0.15) is 0 Å². The van der Waals surface area contributed by atoms with Crippen LogP contribution in [0.25, 0.3) is 0 Å². The quantitative estimate of drug-likeness (QED) is 0.653. The van der Waals surface area contributed by atoms with Crippen molar-refractivity contribution in [3.05, 3.63) is 35.4 Å². The first kappa shape index (κ1) is 11.6. The van der Waals surface area contributed by atoms with Gasteiger partial charge in [-0.15, -0.1) is 11.6 Å². The van der Waals surface area contributed by atoms with Crippen LogP contribution in [0.5, 0.6) is 0 Å². The number of halogens is 1. The third-order valence-corrected chi connectivity index (χ3v) is 3.02. The van der Waals surface area contributed by atoms with Crippen molar-refractivity contribution in [1.29, 1.82) is 0 Å². The molecule has 0 aliphatic heterocycles. The van der Waals surface area contributed by atoms with Gasteiger partial charge in [-0.3, -0.25) is 0 Å². The maximum absolute atomic E-state index is 5.78. The zero-order chi connectivity index (χ0) is 10.6. The van der Waals surface area contributed by atoms with Gasteiger partial charge in [-0.1, -0.05) is 45.0 Å². The minimum atomic E-state index is 0.571. The Labute approximate surface area is 92.3 Å². The van der Waals surface area contributed by atoms with Crippen molar-refractivity contribution >= 4 is 11.6 Å². The van der Waals surface area contributed by atoms with E-state index < -0.39 is 0 Å². The van der Waals surface area contributed by atoms with E-state index in [-0.39, 0.29) is 0 Å². The Morgan fingerprint density at radius 3 is 2.07 bits per heavy atom. The summed E-state index contributed by atoms with van der Waals surface area (Å²) in [6, 6.07) is 8.89. The van der Waals surface area contributed by atoms with E-state index in [2.05, 4.69) is 45.0 Å². The van der Waals surface area contributed by atoms with Crippen LogP contribution in [-0.4, -0.2) is 5.88 Å². The van der Waals surface area contributed by atoms with Crippen molar-refractivity contribution in [2.45, 2.75) is 33.1 Å². The van der Waals surface area contributed by atoms with Gasteiger partial charge in [-0.05, 0) is 29.4 Å². The largest absolute Gasteiger partial charge is 0.126 e. The summed E-state index contributed by atoms with van der Waals surface area (Å²) in [4.78, 5) is 0. The van der Waals surface area contributed by atoms with Gasteiger partial charge < -0.3 is 0 Å². The van der Waals surface area contributed by atoms with Gasteiger partial charge in [0, 0.05) is 5.88 Å². The second-order valence-corrected chi connectivity index (χ2v) is 4.67. The van der Waals surface area contributed by atoms with Gasteiger partial charge in [0.15, 0.2) is 0 Å². The Kier molecular flexibility index (Phi) is 4.47. The van der Waals surface area contributed by atoms with E-state index in [1.165, 1.54) is 11.1 Å². The van der Waals surface area contributed by atoms with Crippen molar-refractivity contribution in [2.75, 3.05) is 5.88 Å². The van der Waals surface area contributed by atoms with Gasteiger partial charge in [0.25, 0.3) is 0 Å². The van der Waals surface area contributed by atoms with Crippen molar-refractivity contribution in [3.63, 3.8) is 0 Å². The van der Waals surface area contributed by atoms with Gasteiger partial charge in [0.1, 0.15) is 0 Å². The molecule has 1 atom stereocenters. The molecule has 0 saturated heterocycles. The number of benzene rings is 1. The number of hydrogen-bond donors (Lipinski definition) is 0. The average Bonchev–Trinajstić information content (AvgIpc) is 2.18. The summed E-state index contributed by atoms with van der Waals surface area (Å²) in [6.45, 7) is 6.62. The molecule has 1 aromatic carbocycles. The van der Waals surface area contributed by atoms with E-state index in [1.54, 1.807) is 0 Å². The van der Waals surface area contributed by atoms with E-state index in [0.29, 0.717) is 11.8 Å². The van der Waals surface area contributed by atoms with E-state index >= 15 is 0 Å². The van der Waals surface area contributed by atoms with Crippen LogP contribution in [-0.2, 0) is 6.42 Å². The Morgan fingerprint density at radius 2 is 1.64 bits per heavy atom. The lowest BCUT2D eigenvalue weighted by Crippen LogP contribution is -2.01. The molecule has 0 aromatic heterocycles. The first-order chi connectivity index (χ1) is 6.63. The Morgan fingerprint density at radius 1 is 1.07 bits per heavy atom. The molecule has 0 radical (unpaired) electrons. The molecule has 0 spiro atoms. The highest BCUT2D eigenvalue weighted by atomic mass is 35.5. The molecule has 78 valence electrons. The molecular formula is C13H19Cl. The lowest BCUT2D eigenvalue weighted by molar-refractivity contribution is 0.654. The van der Waals surface area contributed by atoms with E-state index in [1.807, 2.05) is 0 Å². The second kappa shape index (κ2) is 5.41. The number of rotatable bonds is 4. The van der Waals surface area contributed by atoms with Crippen molar-refractivity contribution in [2.24, 2.45) is 5.92 Å². The molecule has 1 unspecified atom stereocenters. The zero-order valence-corrected chi connectivity index (χ0v) is 10.0. The highest BCUT2D eigenvalue weighted by Crippen LogP contribution is 2.16. The fraction of sp³-hybridized carbons (Fsp3) is 0.538. The maximum atomic E-state index is 5.78. The molecule has 1 heteroatoms. The summed E-state index contributed by atoms with van der Waals surface area (Å²) in [5.74, 6) is 1.93. The molecule has 0 N–H and O–H groups in total. The summed E-state index contributed by atoms with van der Waals surface area (Å²) in [5, 5.41) is 0. The maximum Gasteiger partial charge on any atom is 0.0252 e. The molecule has 0 nitrogen and oxygen atoms in total. The molecule has 0 aliphatic rings. The summed E-state index contributed by atoms with van der Waals surface area (Å²) >= 11 is 5.78. The Balaban J connectivity index is 2.64. The van der Waals surface area contributed by atoms with E-state index in [9.17, 15) is 0 Å². The number of alkyl halides is 1. The predicted molar refractivity (Wildman–Crippen MR) is 64.1 cm³/mol. The SMILES string of the molecule is CC(CCl)Cc1ccc(C(C)C)cc1. The monoisotopic (exact) mass is 210 g/mol. The zero-order valence-electron chi connectivity index (χ0n) is 9.26. The Hall–Kier alpha value is -0.490. The second-order valence-electron chi connectivity index (χ2n) is 4.36. The van der Waals surface area contributed by atoms with E-state index in [0.717, 1.165) is 12.3 Å². The fourth-order valence-electron chi connectivity index (χ4n) is 1.50. The predicted octanol–water partition coefficient (Wildman–Crippen LogP) is 4.23. The third-order valence-electron chi connectivity index (χ3n) is 2.49. The van der Waals surface area contributed by atoms with Crippen molar-refractivity contribution < 1.29 is 0 Å². The lowest BCUT2D eigenvalue weighted by Gasteiger charge is -2.09. The highest BCUT2D eigenvalue weighted by molar-refractivity contribution is 6.18. The fourth-order valence-corrected chi connectivity index (χ4v) is 1.60. The van der Waals surface area contributed by atoms with Crippen LogP contribution in [0.15, 0.2) is 24.3 Å². The van der Waals surface area contributed by atoms with E-state index in [4.69, 9.17) is 11.6 Å². The normalized spacial score (nSPS) is 13.2. The molecule has 0 saturated carbocycles. The minimum absolute atomic E-state index is 0.571. The van der Waals surface area contributed by atoms with Crippen molar-refractivity contribution in [3.8, 4) is 0 Å². The third kappa shape index (κ3) is 3.34. The molecule has 0 fully saturated rings. The molecule has 0 amide bonds. The molecular weight excluding hydrogens is 192 g/mol. The van der Waals surface area contributed by atoms with Crippen LogP contribution in [0, 0.1) is 5.92 Å². The van der Waals surface area contributed by atoms with Crippen LogP contribution in [0.4, 0.5) is 0 Å². The van der Waals surface area contributed by atoms with Crippen LogP contribution in [0.1, 0.15) is 37.8 Å². The van der Waals surface area contributed by atoms with Crippen LogP contribution < -0.4 is 0 Å². The topological polar surface area (TPSA) is 0 Å². The van der Waals surface area contributed by atoms with Gasteiger partial charge in [0.05, 0.1) is 0 Å². The van der Waals surface area contributed by atoms with Gasteiger partial charge in [0.2, 0.25) is 0 Å². The molecule has 1 aromatic rings. The van der Waals surface area contributed by atoms with Gasteiger partial charge in [-0.25, -0.2) is 0 Å². The van der Waals surface area contributed by atoms with Crippen LogP contribution in [0.2, 0.25) is 0 Å². The summed E-state index contributed by atoms with van der Waals surface area (Å²) in [6.07, 6.45) is 1.09. The molecule has 0 heterocycles. The van der Waals surface area contributed by atoms with Gasteiger partial charge >= 0.3 is 0 Å². The van der Waals surface area contributed by atoms with Crippen LogP contribution in [0.3, 0.4) is 0 Å². The Bertz CT molecular complexity index is 261. The lowest BCUT2D eigenvalue weighted by atomic mass is 9.98. The highest BCUT2D eigenvalue weighted by Gasteiger charge is 2.03. The standard InChI is InChI=1S/C13H19Cl/c1-10(2)13-6-4-12(5-7-13)8-11(3)9-14/h4-7,10-11H,8-9H2,1-3H3. The summed E-state index contributed by atoms with van der Waals surface area (Å²) in [5.41, 5.74) is 2.80. The first-order valence-corrected chi connectivity index (χ1v) is 5.81. The summed E-state index contributed by atoms with van der Waals surface area (Å²) in [7, 11) is 0. The molecule has 0 aliphatic carbocycles. The number of hydrogen-bond acceptors (Lipinski definition) is 0. The molecule has 0 bridgehead atoms. The molecule has 1 rings (SSSR count). The first-order valence-electron chi connectivity index (χ1n) is 5.28. The van der Waals surface area contributed by atoms with Crippen LogP contribution >= 0.6 is 11.6 Å². The average molecular weight is 211 g/mol. The molecule has 14 heavy (non-hydrogen) atoms. The summed E-state index contributed by atoms with van der Waals surface area (Å²) < 4.78 is 0.